The Balaban J connectivity index is 2.15. The number of aryl methyl sites for hydroxylation is 2. The third kappa shape index (κ3) is 8.69. The Morgan fingerprint density at radius 3 is 2.00 bits per heavy atom. The van der Waals surface area contributed by atoms with E-state index in [1.165, 1.54) is 10.6 Å². The molecule has 2 amide bonds. The molecule has 0 spiro atoms. The van der Waals surface area contributed by atoms with Crippen LogP contribution in [0.5, 0.6) is 0 Å². The van der Waals surface area contributed by atoms with E-state index in [0.29, 0.717) is 18.7 Å². The molecule has 192 valence electrons. The van der Waals surface area contributed by atoms with Crippen molar-refractivity contribution in [1.29, 1.82) is 0 Å². The van der Waals surface area contributed by atoms with E-state index in [2.05, 4.69) is 5.32 Å². The molecule has 8 heteroatoms. The van der Waals surface area contributed by atoms with Crippen molar-refractivity contribution < 1.29 is 18.0 Å². The Bertz CT molecular complexity index is 1080. The van der Waals surface area contributed by atoms with Gasteiger partial charge in [0.15, 0.2) is 0 Å². The molecule has 2 rings (SSSR count). The van der Waals surface area contributed by atoms with Gasteiger partial charge in [-0.2, -0.15) is 0 Å². The Hall–Kier alpha value is -2.87. The molecule has 0 saturated heterocycles. The van der Waals surface area contributed by atoms with Crippen molar-refractivity contribution in [3.63, 3.8) is 0 Å². The number of anilines is 1. The predicted octanol–water partition coefficient (Wildman–Crippen LogP) is 4.18. The highest BCUT2D eigenvalue weighted by molar-refractivity contribution is 7.92. The number of hydrogen-bond acceptors (Lipinski definition) is 4. The van der Waals surface area contributed by atoms with Gasteiger partial charge in [0.25, 0.3) is 0 Å². The fourth-order valence-electron chi connectivity index (χ4n) is 3.65. The molecule has 0 saturated carbocycles. The fourth-order valence-corrected chi connectivity index (χ4v) is 4.62. The van der Waals surface area contributed by atoms with E-state index < -0.39 is 16.1 Å². The predicted molar refractivity (Wildman–Crippen MR) is 142 cm³/mol. The molecule has 2 atom stereocenters. The summed E-state index contributed by atoms with van der Waals surface area (Å²) in [6.45, 7) is 10.1. The van der Waals surface area contributed by atoms with Crippen molar-refractivity contribution in [1.82, 2.24) is 10.2 Å². The molecule has 0 unspecified atom stereocenters. The molecule has 0 aromatic heterocycles. The molecule has 0 fully saturated rings. The van der Waals surface area contributed by atoms with Crippen LogP contribution in [0.1, 0.15) is 56.7 Å². The summed E-state index contributed by atoms with van der Waals surface area (Å²) in [5.74, 6) is -0.382. The summed E-state index contributed by atoms with van der Waals surface area (Å²) in [5, 5.41) is 2.96. The largest absolute Gasteiger partial charge is 0.352 e. The number of nitrogens with zero attached hydrogens (tertiary/aromatic N) is 2. The average Bonchev–Trinajstić information content (AvgIpc) is 2.80. The van der Waals surface area contributed by atoms with Crippen LogP contribution in [0.3, 0.4) is 0 Å². The Labute approximate surface area is 210 Å². The number of carbonyl (C=O) groups is 2. The van der Waals surface area contributed by atoms with Gasteiger partial charge in [0, 0.05) is 25.6 Å². The quantitative estimate of drug-likeness (QED) is 0.473. The molecular weight excluding hydrogens is 462 g/mol. The lowest BCUT2D eigenvalue weighted by Crippen LogP contribution is -2.49. The minimum atomic E-state index is -3.50. The summed E-state index contributed by atoms with van der Waals surface area (Å²) in [7, 11) is -3.50. The van der Waals surface area contributed by atoms with Crippen LogP contribution in [0.2, 0.25) is 0 Å². The highest BCUT2D eigenvalue weighted by Gasteiger charge is 2.27. The zero-order valence-corrected chi connectivity index (χ0v) is 22.6. The van der Waals surface area contributed by atoms with Crippen LogP contribution in [-0.2, 0) is 26.2 Å². The van der Waals surface area contributed by atoms with E-state index in [-0.39, 0.29) is 30.8 Å². The maximum Gasteiger partial charge on any atom is 0.242 e. The highest BCUT2D eigenvalue weighted by Crippen LogP contribution is 2.20. The van der Waals surface area contributed by atoms with Gasteiger partial charge in [-0.05, 0) is 58.2 Å². The molecule has 1 N–H and O–H groups in total. The zero-order valence-electron chi connectivity index (χ0n) is 21.7. The lowest BCUT2D eigenvalue weighted by atomic mass is 10.1. The summed E-state index contributed by atoms with van der Waals surface area (Å²) in [5.41, 5.74) is 3.66. The minimum Gasteiger partial charge on any atom is -0.352 e. The fraction of sp³-hybridized carbons (Fsp3) is 0.481. The van der Waals surface area contributed by atoms with Crippen LogP contribution in [0, 0.1) is 13.8 Å². The summed E-state index contributed by atoms with van der Waals surface area (Å²) in [6.07, 6.45) is 2.43. The van der Waals surface area contributed by atoms with E-state index in [1.54, 1.807) is 24.0 Å². The summed E-state index contributed by atoms with van der Waals surface area (Å²) >= 11 is 0. The first-order chi connectivity index (χ1) is 16.4. The van der Waals surface area contributed by atoms with Crippen molar-refractivity contribution in [2.45, 2.75) is 72.5 Å². The molecule has 2 aromatic rings. The van der Waals surface area contributed by atoms with Crippen LogP contribution in [0.25, 0.3) is 0 Å². The Morgan fingerprint density at radius 1 is 0.943 bits per heavy atom. The summed E-state index contributed by atoms with van der Waals surface area (Å²) in [6, 6.07) is 14.5. The number of sulfonamides is 1. The maximum atomic E-state index is 13.3. The molecule has 0 bridgehead atoms. The van der Waals surface area contributed by atoms with Crippen molar-refractivity contribution >= 4 is 27.5 Å². The molecule has 0 aliphatic rings. The molecule has 2 aromatic carbocycles. The van der Waals surface area contributed by atoms with Gasteiger partial charge in [-0.3, -0.25) is 13.9 Å². The van der Waals surface area contributed by atoms with E-state index in [0.717, 1.165) is 23.1 Å². The second-order valence-electron chi connectivity index (χ2n) is 9.28. The van der Waals surface area contributed by atoms with E-state index in [1.807, 2.05) is 64.1 Å². The van der Waals surface area contributed by atoms with Crippen molar-refractivity contribution in [2.75, 3.05) is 17.1 Å². The number of rotatable bonds is 12. The first kappa shape index (κ1) is 28.4. The standard InChI is InChI=1S/C27H39N3O4S/c1-7-22(4)28-27(32)23(5)29(19-24-14-10-20(2)11-15-24)26(31)9-8-18-30(35(6,33)34)25-16-12-21(3)13-17-25/h10-17,22-23H,7-9,18-19H2,1-6H3,(H,28,32)/t22-,23+/m0/s1. The normalized spacial score (nSPS) is 13.1. The SMILES string of the molecule is CC[C@H](C)NC(=O)[C@@H](C)N(Cc1ccc(C)cc1)C(=O)CCCN(c1ccc(C)cc1)S(C)(=O)=O. The van der Waals surface area contributed by atoms with Crippen molar-refractivity contribution in [2.24, 2.45) is 0 Å². The van der Waals surface area contributed by atoms with Crippen molar-refractivity contribution in [3.8, 4) is 0 Å². The van der Waals surface area contributed by atoms with Gasteiger partial charge in [-0.15, -0.1) is 0 Å². The molecule has 7 nitrogen and oxygen atoms in total. The Morgan fingerprint density at radius 2 is 1.49 bits per heavy atom. The molecule has 0 heterocycles. The van der Waals surface area contributed by atoms with Crippen LogP contribution >= 0.6 is 0 Å². The van der Waals surface area contributed by atoms with Crippen molar-refractivity contribution in [3.05, 3.63) is 65.2 Å². The maximum absolute atomic E-state index is 13.3. The van der Waals surface area contributed by atoms with Gasteiger partial charge < -0.3 is 10.2 Å². The van der Waals surface area contributed by atoms with Gasteiger partial charge in [0.1, 0.15) is 6.04 Å². The smallest absolute Gasteiger partial charge is 0.242 e. The zero-order chi connectivity index (χ0) is 26.2. The second kappa shape index (κ2) is 12.7. The number of carbonyl (C=O) groups excluding carboxylic acids is 2. The van der Waals surface area contributed by atoms with Crippen LogP contribution < -0.4 is 9.62 Å². The second-order valence-corrected chi connectivity index (χ2v) is 11.2. The molecule has 0 radical (unpaired) electrons. The van der Waals surface area contributed by atoms with Crippen LogP contribution in [0.4, 0.5) is 5.69 Å². The van der Waals surface area contributed by atoms with Gasteiger partial charge >= 0.3 is 0 Å². The minimum absolute atomic E-state index is 0.0131. The average molecular weight is 502 g/mol. The van der Waals surface area contributed by atoms with Crippen LogP contribution in [-0.4, -0.2) is 50.0 Å². The number of hydrogen-bond donors (Lipinski definition) is 1. The molecule has 35 heavy (non-hydrogen) atoms. The van der Waals surface area contributed by atoms with Crippen LogP contribution in [0.15, 0.2) is 48.5 Å². The summed E-state index contributed by atoms with van der Waals surface area (Å²) < 4.78 is 26.1. The molecular formula is C27H39N3O4S. The number of nitrogens with one attached hydrogen (secondary N) is 1. The van der Waals surface area contributed by atoms with Gasteiger partial charge in [0.05, 0.1) is 11.9 Å². The Kier molecular flexibility index (Phi) is 10.3. The number of amides is 2. The molecule has 0 aliphatic carbocycles. The third-order valence-electron chi connectivity index (χ3n) is 6.12. The highest BCUT2D eigenvalue weighted by atomic mass is 32.2. The lowest BCUT2D eigenvalue weighted by molar-refractivity contribution is -0.140. The van der Waals surface area contributed by atoms with E-state index in [9.17, 15) is 18.0 Å². The van der Waals surface area contributed by atoms with Gasteiger partial charge in [-0.25, -0.2) is 8.42 Å². The summed E-state index contributed by atoms with van der Waals surface area (Å²) in [4.78, 5) is 27.7. The van der Waals surface area contributed by atoms with E-state index in [4.69, 9.17) is 0 Å². The topological polar surface area (TPSA) is 86.8 Å². The van der Waals surface area contributed by atoms with E-state index >= 15 is 0 Å². The first-order valence-electron chi connectivity index (χ1n) is 12.1. The molecule has 0 aliphatic heterocycles. The first-order valence-corrected chi connectivity index (χ1v) is 14.0. The van der Waals surface area contributed by atoms with Gasteiger partial charge in [0.2, 0.25) is 21.8 Å². The number of benzene rings is 2. The third-order valence-corrected chi connectivity index (χ3v) is 7.31. The monoisotopic (exact) mass is 501 g/mol. The lowest BCUT2D eigenvalue weighted by Gasteiger charge is -2.30. The van der Waals surface area contributed by atoms with Gasteiger partial charge in [-0.1, -0.05) is 54.4 Å².